The van der Waals surface area contributed by atoms with Crippen molar-refractivity contribution in [1.29, 1.82) is 0 Å². The molecule has 1 fully saturated rings. The first-order chi connectivity index (χ1) is 7.74. The van der Waals surface area contributed by atoms with E-state index in [2.05, 4.69) is 24.5 Å². The fraction of sp³-hybridized carbons (Fsp3) is 0.923. The lowest BCUT2D eigenvalue weighted by Gasteiger charge is -2.28. The van der Waals surface area contributed by atoms with Crippen LogP contribution in [0.1, 0.15) is 52.4 Å². The van der Waals surface area contributed by atoms with Gasteiger partial charge in [-0.2, -0.15) is 0 Å². The van der Waals surface area contributed by atoms with Gasteiger partial charge in [0.25, 0.3) is 0 Å². The van der Waals surface area contributed by atoms with Crippen LogP contribution in [0.15, 0.2) is 0 Å². The molecule has 0 aromatic carbocycles. The molecule has 1 aliphatic rings. The Balaban J connectivity index is 2.16. The van der Waals surface area contributed by atoms with Gasteiger partial charge in [-0.3, -0.25) is 4.79 Å². The number of hydrogen-bond donors (Lipinski definition) is 2. The minimum absolute atomic E-state index is 0.194. The van der Waals surface area contributed by atoms with E-state index in [1.165, 1.54) is 32.1 Å². The van der Waals surface area contributed by atoms with Crippen LogP contribution in [0, 0.1) is 5.92 Å². The molecular weight excluding hydrogens is 200 g/mol. The number of amides is 1. The van der Waals surface area contributed by atoms with Gasteiger partial charge < -0.3 is 10.6 Å². The Morgan fingerprint density at radius 2 is 2.00 bits per heavy atom. The maximum atomic E-state index is 11.6. The summed E-state index contributed by atoms with van der Waals surface area (Å²) in [6.45, 7) is 5.94. The average molecular weight is 226 g/mol. The Labute approximate surface area is 99.4 Å². The zero-order valence-corrected chi connectivity index (χ0v) is 10.7. The SMILES string of the molecule is CCNCCC(=O)N[C@H](C)C1CCCCC1. The predicted octanol–water partition coefficient (Wildman–Crippen LogP) is 2.07. The molecule has 0 aromatic heterocycles. The largest absolute Gasteiger partial charge is 0.353 e. The summed E-state index contributed by atoms with van der Waals surface area (Å²) in [6, 6.07) is 0.356. The summed E-state index contributed by atoms with van der Waals surface area (Å²) in [4.78, 5) is 11.6. The van der Waals surface area contributed by atoms with Gasteiger partial charge in [0, 0.05) is 19.0 Å². The first kappa shape index (κ1) is 13.5. The average Bonchev–Trinajstić information content (AvgIpc) is 2.30. The Hall–Kier alpha value is -0.570. The third-order valence-electron chi connectivity index (χ3n) is 3.52. The quantitative estimate of drug-likeness (QED) is 0.681. The second-order valence-corrected chi connectivity index (χ2v) is 4.86. The molecule has 1 saturated carbocycles. The van der Waals surface area contributed by atoms with Crippen LogP contribution in [0.4, 0.5) is 0 Å². The zero-order valence-electron chi connectivity index (χ0n) is 10.7. The molecule has 0 spiro atoms. The van der Waals surface area contributed by atoms with Crippen LogP contribution < -0.4 is 10.6 Å². The highest BCUT2D eigenvalue weighted by atomic mass is 16.1. The standard InChI is InChI=1S/C13H26N2O/c1-3-14-10-9-13(16)15-11(2)12-7-5-4-6-8-12/h11-12,14H,3-10H2,1-2H3,(H,15,16)/t11-/m1/s1. The summed E-state index contributed by atoms with van der Waals surface area (Å²) in [5.74, 6) is 0.899. The smallest absolute Gasteiger partial charge is 0.221 e. The molecule has 3 heteroatoms. The maximum Gasteiger partial charge on any atom is 0.221 e. The maximum absolute atomic E-state index is 11.6. The highest BCUT2D eigenvalue weighted by Crippen LogP contribution is 2.26. The van der Waals surface area contributed by atoms with E-state index < -0.39 is 0 Å². The number of hydrogen-bond acceptors (Lipinski definition) is 2. The zero-order chi connectivity index (χ0) is 11.8. The van der Waals surface area contributed by atoms with Gasteiger partial charge in [-0.15, -0.1) is 0 Å². The third-order valence-corrected chi connectivity index (χ3v) is 3.52. The molecule has 16 heavy (non-hydrogen) atoms. The van der Waals surface area contributed by atoms with E-state index in [-0.39, 0.29) is 5.91 Å². The van der Waals surface area contributed by atoms with Crippen molar-refractivity contribution in [3.63, 3.8) is 0 Å². The monoisotopic (exact) mass is 226 g/mol. The van der Waals surface area contributed by atoms with Crippen LogP contribution in [0.2, 0.25) is 0 Å². The summed E-state index contributed by atoms with van der Waals surface area (Å²) >= 11 is 0. The molecule has 0 bridgehead atoms. The molecule has 2 N–H and O–H groups in total. The van der Waals surface area contributed by atoms with Crippen LogP contribution in [-0.4, -0.2) is 25.0 Å². The fourth-order valence-electron chi connectivity index (χ4n) is 2.46. The fourth-order valence-corrected chi connectivity index (χ4v) is 2.46. The van der Waals surface area contributed by atoms with Gasteiger partial charge in [-0.05, 0) is 32.2 Å². The first-order valence-electron chi connectivity index (χ1n) is 6.74. The van der Waals surface area contributed by atoms with Crippen LogP contribution in [0.25, 0.3) is 0 Å². The van der Waals surface area contributed by atoms with Gasteiger partial charge in [0.1, 0.15) is 0 Å². The van der Waals surface area contributed by atoms with Gasteiger partial charge in [0.2, 0.25) is 5.91 Å². The molecule has 0 saturated heterocycles. The van der Waals surface area contributed by atoms with Gasteiger partial charge in [0.15, 0.2) is 0 Å². The van der Waals surface area contributed by atoms with Crippen molar-refractivity contribution in [1.82, 2.24) is 10.6 Å². The predicted molar refractivity (Wildman–Crippen MR) is 67.3 cm³/mol. The van der Waals surface area contributed by atoms with Crippen molar-refractivity contribution < 1.29 is 4.79 Å². The van der Waals surface area contributed by atoms with E-state index >= 15 is 0 Å². The molecule has 0 aromatic rings. The summed E-state index contributed by atoms with van der Waals surface area (Å²) < 4.78 is 0. The van der Waals surface area contributed by atoms with Crippen LogP contribution >= 0.6 is 0 Å². The number of carbonyl (C=O) groups excluding carboxylic acids is 1. The minimum Gasteiger partial charge on any atom is -0.353 e. The molecule has 0 unspecified atom stereocenters. The first-order valence-corrected chi connectivity index (χ1v) is 6.74. The lowest BCUT2D eigenvalue weighted by molar-refractivity contribution is -0.122. The molecule has 1 rings (SSSR count). The van der Waals surface area contributed by atoms with Crippen molar-refractivity contribution >= 4 is 5.91 Å². The van der Waals surface area contributed by atoms with Crippen LogP contribution in [0.3, 0.4) is 0 Å². The van der Waals surface area contributed by atoms with Crippen molar-refractivity contribution in [3.05, 3.63) is 0 Å². The Morgan fingerprint density at radius 3 is 2.62 bits per heavy atom. The molecule has 0 radical (unpaired) electrons. The van der Waals surface area contributed by atoms with E-state index in [1.54, 1.807) is 0 Å². The van der Waals surface area contributed by atoms with E-state index in [0.717, 1.165) is 13.1 Å². The molecular formula is C13H26N2O. The normalized spacial score (nSPS) is 19.4. The Morgan fingerprint density at radius 1 is 1.31 bits per heavy atom. The van der Waals surface area contributed by atoms with E-state index in [4.69, 9.17) is 0 Å². The van der Waals surface area contributed by atoms with Gasteiger partial charge in [-0.1, -0.05) is 26.2 Å². The molecule has 94 valence electrons. The summed E-state index contributed by atoms with van der Waals surface area (Å²) in [5.41, 5.74) is 0. The summed E-state index contributed by atoms with van der Waals surface area (Å²) in [7, 11) is 0. The molecule has 0 aliphatic heterocycles. The third kappa shape index (κ3) is 4.97. The topological polar surface area (TPSA) is 41.1 Å². The molecule has 1 amide bonds. The van der Waals surface area contributed by atoms with Crippen LogP contribution in [0.5, 0.6) is 0 Å². The van der Waals surface area contributed by atoms with Crippen molar-refractivity contribution in [3.8, 4) is 0 Å². The Bertz CT molecular complexity index is 200. The molecule has 3 nitrogen and oxygen atoms in total. The van der Waals surface area contributed by atoms with E-state index in [9.17, 15) is 4.79 Å². The van der Waals surface area contributed by atoms with Gasteiger partial charge in [0.05, 0.1) is 0 Å². The van der Waals surface area contributed by atoms with Crippen molar-refractivity contribution in [2.24, 2.45) is 5.92 Å². The number of carbonyl (C=O) groups is 1. The van der Waals surface area contributed by atoms with Crippen LogP contribution in [-0.2, 0) is 4.79 Å². The second kappa shape index (κ2) is 7.66. The van der Waals surface area contributed by atoms with E-state index in [0.29, 0.717) is 18.4 Å². The molecule has 1 atom stereocenters. The lowest BCUT2D eigenvalue weighted by Crippen LogP contribution is -2.39. The summed E-state index contributed by atoms with van der Waals surface area (Å²) in [6.07, 6.45) is 7.22. The number of rotatable bonds is 6. The molecule has 1 aliphatic carbocycles. The highest BCUT2D eigenvalue weighted by Gasteiger charge is 2.20. The second-order valence-electron chi connectivity index (χ2n) is 4.86. The number of nitrogens with one attached hydrogen (secondary N) is 2. The minimum atomic E-state index is 0.194. The van der Waals surface area contributed by atoms with E-state index in [1.807, 2.05) is 0 Å². The van der Waals surface area contributed by atoms with Gasteiger partial charge in [-0.25, -0.2) is 0 Å². The molecule has 0 heterocycles. The van der Waals surface area contributed by atoms with Gasteiger partial charge >= 0.3 is 0 Å². The highest BCUT2D eigenvalue weighted by molar-refractivity contribution is 5.76. The lowest BCUT2D eigenvalue weighted by atomic mass is 9.84. The van der Waals surface area contributed by atoms with Crippen molar-refractivity contribution in [2.75, 3.05) is 13.1 Å². The Kier molecular flexibility index (Phi) is 6.46. The summed E-state index contributed by atoms with van der Waals surface area (Å²) in [5, 5.41) is 6.30. The van der Waals surface area contributed by atoms with Crippen molar-refractivity contribution in [2.45, 2.75) is 58.4 Å².